The predicted molar refractivity (Wildman–Crippen MR) is 305 cm³/mol. The predicted octanol–water partition coefficient (Wildman–Crippen LogP) is 19.2. The zero-order chi connectivity index (χ0) is 49.2. The van der Waals surface area contributed by atoms with E-state index in [-0.39, 0.29) is 0 Å². The summed E-state index contributed by atoms with van der Waals surface area (Å²) in [6.45, 7) is 16.7. The van der Waals surface area contributed by atoms with Crippen LogP contribution in [0.5, 0.6) is 0 Å². The topological polar surface area (TPSA) is 3.24 Å². The summed E-state index contributed by atoms with van der Waals surface area (Å²) in [7, 11) is 0. The maximum absolute atomic E-state index is 6.69. The van der Waals surface area contributed by atoms with Crippen molar-refractivity contribution in [2.45, 2.75) is 73.6 Å². The van der Waals surface area contributed by atoms with Gasteiger partial charge in [-0.1, -0.05) is 238 Å². The first-order valence-corrected chi connectivity index (χ1v) is 25.1. The number of terminal acetylenes is 1. The number of aryl methyl sites for hydroxylation is 3. The Balaban J connectivity index is 0.000000205. The molecule has 0 saturated carbocycles. The molecule has 9 aromatic rings. The number of hydrogen-bond donors (Lipinski definition) is 0. The number of allylic oxidation sites excluding steroid dienone is 6. The third kappa shape index (κ3) is 9.19. The highest BCUT2D eigenvalue weighted by Gasteiger charge is 2.54. The van der Waals surface area contributed by atoms with Gasteiger partial charge < -0.3 is 4.90 Å². The summed E-state index contributed by atoms with van der Waals surface area (Å²) >= 11 is 0. The normalized spacial score (nSPS) is 14.6. The molecule has 0 saturated heterocycles. The SMILES string of the molecule is C#CC1=C(C2=C(C)C=CCC2)C2(c3ccccc3-c3cc(C)ccc32)c2cccc(N(c3ccccc3)c3ccccc3)c21.CC.CC.Cc1ccc2ccccc2c1.Cc1ccc2ccccc2c1. The third-order valence-electron chi connectivity index (χ3n) is 13.5. The fourth-order valence-electron chi connectivity index (χ4n) is 10.5. The highest BCUT2D eigenvalue weighted by molar-refractivity contribution is 6.05. The molecule has 0 radical (unpaired) electrons. The van der Waals surface area contributed by atoms with Crippen LogP contribution >= 0.6 is 0 Å². The molecule has 0 amide bonds. The molecule has 3 aliphatic carbocycles. The van der Waals surface area contributed by atoms with Crippen molar-refractivity contribution in [3.05, 3.63) is 274 Å². The molecular weight excluding hydrogens is 843 g/mol. The quantitative estimate of drug-likeness (QED) is 0.159. The lowest BCUT2D eigenvalue weighted by Gasteiger charge is -2.35. The lowest BCUT2D eigenvalue weighted by molar-refractivity contribution is 0.752. The fourth-order valence-corrected chi connectivity index (χ4v) is 10.5. The Labute approximate surface area is 418 Å². The smallest absolute Gasteiger partial charge is 0.0735 e. The molecule has 1 nitrogen and oxygen atoms in total. The van der Waals surface area contributed by atoms with Crippen LogP contribution in [0, 0.1) is 33.1 Å². The number of rotatable bonds is 4. The average molecular weight is 908 g/mol. The van der Waals surface area contributed by atoms with Crippen molar-refractivity contribution in [1.29, 1.82) is 0 Å². The number of fused-ring (bicyclic) bond motifs is 9. The molecule has 12 rings (SSSR count). The standard InChI is InChI=1S/C43H33N.2C11H10.2C2H6/c1-4-33-41-39(24-15-25-40(41)44(31-17-7-5-8-18-31)32-19-9-6-10-20-32)43(42(33)34-21-12-11-16-30(34)3)37-23-14-13-22-35(37)36-28-29(2)26-27-38(36)43;2*1-9-6-7-10-4-2-3-5-11(10)8-9;2*1-2/h1,5-11,13-20,22-28H,12,21H2,2-3H3;2*2-8H,1H3;2*1-2H3. The van der Waals surface area contributed by atoms with Gasteiger partial charge in [-0.2, -0.15) is 0 Å². The minimum Gasteiger partial charge on any atom is -0.310 e. The molecule has 0 heterocycles. The summed E-state index contributed by atoms with van der Waals surface area (Å²) in [6, 6.07) is 73.9. The van der Waals surface area contributed by atoms with Gasteiger partial charge in [-0.25, -0.2) is 0 Å². The molecule has 0 aromatic heterocycles. The summed E-state index contributed by atoms with van der Waals surface area (Å²) in [6.07, 6.45) is 13.2. The lowest BCUT2D eigenvalue weighted by atomic mass is 9.66. The van der Waals surface area contributed by atoms with E-state index in [0.29, 0.717) is 0 Å². The average Bonchev–Trinajstić information content (AvgIpc) is 3.87. The number of benzene rings is 9. The maximum atomic E-state index is 6.69. The van der Waals surface area contributed by atoms with E-state index in [1.165, 1.54) is 82.8 Å². The van der Waals surface area contributed by atoms with E-state index in [4.69, 9.17) is 6.42 Å². The second-order valence-corrected chi connectivity index (χ2v) is 17.7. The Hall–Kier alpha value is -7.92. The van der Waals surface area contributed by atoms with Crippen molar-refractivity contribution >= 4 is 44.2 Å². The van der Waals surface area contributed by atoms with Gasteiger partial charge in [-0.3, -0.25) is 0 Å². The molecule has 346 valence electrons. The largest absolute Gasteiger partial charge is 0.310 e. The summed E-state index contributed by atoms with van der Waals surface area (Å²) < 4.78 is 0. The van der Waals surface area contributed by atoms with Gasteiger partial charge in [-0.15, -0.1) is 6.42 Å². The molecule has 3 aliphatic rings. The van der Waals surface area contributed by atoms with Crippen molar-refractivity contribution in [1.82, 2.24) is 0 Å². The highest BCUT2D eigenvalue weighted by atomic mass is 15.1. The van der Waals surface area contributed by atoms with Crippen LogP contribution in [0.4, 0.5) is 17.1 Å². The monoisotopic (exact) mass is 908 g/mol. The molecule has 0 N–H and O–H groups in total. The second-order valence-electron chi connectivity index (χ2n) is 17.7. The third-order valence-corrected chi connectivity index (χ3v) is 13.5. The minimum absolute atomic E-state index is 0.506. The molecule has 1 unspecified atom stereocenters. The van der Waals surface area contributed by atoms with Crippen LogP contribution in [-0.4, -0.2) is 0 Å². The molecular formula is C69H65N. The van der Waals surface area contributed by atoms with Crippen molar-refractivity contribution in [2.24, 2.45) is 0 Å². The number of hydrogen-bond acceptors (Lipinski definition) is 1. The van der Waals surface area contributed by atoms with Gasteiger partial charge in [0.05, 0.1) is 11.1 Å². The summed E-state index contributed by atoms with van der Waals surface area (Å²) in [5.74, 6) is 3.31. The molecule has 1 heteroatoms. The first-order chi connectivity index (χ1) is 34.4. The van der Waals surface area contributed by atoms with Crippen LogP contribution in [0.15, 0.2) is 235 Å². The van der Waals surface area contributed by atoms with Gasteiger partial charge in [-0.05, 0) is 137 Å². The first-order valence-electron chi connectivity index (χ1n) is 25.1. The zero-order valence-electron chi connectivity index (χ0n) is 42.2. The van der Waals surface area contributed by atoms with Gasteiger partial charge in [0.1, 0.15) is 0 Å². The van der Waals surface area contributed by atoms with Crippen molar-refractivity contribution in [3.8, 4) is 23.5 Å². The van der Waals surface area contributed by atoms with E-state index in [2.05, 4.69) is 257 Å². The molecule has 70 heavy (non-hydrogen) atoms. The Bertz CT molecular complexity index is 3300. The van der Waals surface area contributed by atoms with Crippen LogP contribution < -0.4 is 4.90 Å². The van der Waals surface area contributed by atoms with E-state index >= 15 is 0 Å². The maximum Gasteiger partial charge on any atom is 0.0735 e. The van der Waals surface area contributed by atoms with Gasteiger partial charge in [0.25, 0.3) is 0 Å². The van der Waals surface area contributed by atoms with Crippen molar-refractivity contribution in [3.63, 3.8) is 0 Å². The van der Waals surface area contributed by atoms with Crippen LogP contribution in [0.25, 0.3) is 38.2 Å². The fraction of sp³-hybridized carbons (Fsp3) is 0.159. The van der Waals surface area contributed by atoms with Crippen LogP contribution in [0.1, 0.15) is 86.4 Å². The second kappa shape index (κ2) is 22.0. The number of nitrogens with zero attached hydrogens (tertiary/aromatic N) is 1. The Kier molecular flexibility index (Phi) is 15.3. The Morgan fingerprint density at radius 2 is 0.943 bits per heavy atom. The highest BCUT2D eigenvalue weighted by Crippen LogP contribution is 2.65. The lowest BCUT2D eigenvalue weighted by Crippen LogP contribution is -2.29. The molecule has 0 bridgehead atoms. The van der Waals surface area contributed by atoms with Gasteiger partial charge >= 0.3 is 0 Å². The molecule has 1 spiro atoms. The number of para-hydroxylation sites is 2. The zero-order valence-corrected chi connectivity index (χ0v) is 42.2. The van der Waals surface area contributed by atoms with Crippen molar-refractivity contribution in [2.75, 3.05) is 4.90 Å². The first kappa shape index (κ1) is 48.5. The molecule has 1 atom stereocenters. The van der Waals surface area contributed by atoms with Gasteiger partial charge in [0.15, 0.2) is 0 Å². The summed E-state index contributed by atoms with van der Waals surface area (Å²) in [5, 5.41) is 5.29. The molecule has 0 aliphatic heterocycles. The Morgan fingerprint density at radius 3 is 1.51 bits per heavy atom. The molecule has 0 fully saturated rings. The van der Waals surface area contributed by atoms with Crippen LogP contribution in [0.2, 0.25) is 0 Å². The van der Waals surface area contributed by atoms with Crippen LogP contribution in [0.3, 0.4) is 0 Å². The van der Waals surface area contributed by atoms with E-state index in [1.807, 2.05) is 27.7 Å². The van der Waals surface area contributed by atoms with E-state index < -0.39 is 5.41 Å². The van der Waals surface area contributed by atoms with Crippen molar-refractivity contribution < 1.29 is 0 Å². The van der Waals surface area contributed by atoms with E-state index in [0.717, 1.165) is 41.0 Å². The Morgan fingerprint density at radius 1 is 0.457 bits per heavy atom. The summed E-state index contributed by atoms with van der Waals surface area (Å²) in [5.41, 5.74) is 19.3. The summed E-state index contributed by atoms with van der Waals surface area (Å²) in [4.78, 5) is 2.37. The van der Waals surface area contributed by atoms with Gasteiger partial charge in [0.2, 0.25) is 0 Å². The molecule has 9 aromatic carbocycles. The minimum atomic E-state index is -0.506. The number of anilines is 3. The van der Waals surface area contributed by atoms with E-state index in [9.17, 15) is 0 Å². The van der Waals surface area contributed by atoms with Gasteiger partial charge in [0, 0.05) is 22.5 Å². The van der Waals surface area contributed by atoms with E-state index in [1.54, 1.807) is 0 Å². The van der Waals surface area contributed by atoms with Crippen LogP contribution in [-0.2, 0) is 5.41 Å².